The topological polar surface area (TPSA) is 55.1 Å². The Hall–Kier alpha value is -1.79. The molecule has 0 bridgehead atoms. The third-order valence-corrected chi connectivity index (χ3v) is 2.26. The summed E-state index contributed by atoms with van der Waals surface area (Å²) in [7, 11) is 0. The minimum atomic E-state index is 0.0399. The predicted octanol–water partition coefficient (Wildman–Crippen LogP) is 0.882. The molecule has 0 spiro atoms. The van der Waals surface area contributed by atoms with Gasteiger partial charge in [0.15, 0.2) is 0 Å². The maximum atomic E-state index is 11.2. The standard InChI is InChI=1S/C12H12N2O/c13-7-2-1-4-9-5-3-6-10-8-11(15)14-12(9)10/h3,5-6H,2,7-8,13H2,(H,14,15). The lowest BCUT2D eigenvalue weighted by molar-refractivity contribution is -0.115. The number of rotatable bonds is 1. The van der Waals surface area contributed by atoms with Crippen molar-refractivity contribution in [2.75, 3.05) is 11.9 Å². The molecular weight excluding hydrogens is 188 g/mol. The van der Waals surface area contributed by atoms with Crippen molar-refractivity contribution in [3.8, 4) is 11.8 Å². The van der Waals surface area contributed by atoms with E-state index >= 15 is 0 Å². The van der Waals surface area contributed by atoms with Gasteiger partial charge in [-0.3, -0.25) is 4.79 Å². The molecule has 76 valence electrons. The van der Waals surface area contributed by atoms with Gasteiger partial charge < -0.3 is 11.1 Å². The van der Waals surface area contributed by atoms with E-state index in [1.807, 2.05) is 18.2 Å². The van der Waals surface area contributed by atoms with Gasteiger partial charge in [-0.1, -0.05) is 24.0 Å². The van der Waals surface area contributed by atoms with Crippen LogP contribution in [0.2, 0.25) is 0 Å². The number of benzene rings is 1. The Balaban J connectivity index is 2.32. The molecule has 0 aromatic heterocycles. The summed E-state index contributed by atoms with van der Waals surface area (Å²) in [6, 6.07) is 5.78. The van der Waals surface area contributed by atoms with E-state index in [9.17, 15) is 4.79 Å². The van der Waals surface area contributed by atoms with Gasteiger partial charge in [0.1, 0.15) is 0 Å². The van der Waals surface area contributed by atoms with Crippen molar-refractivity contribution in [1.29, 1.82) is 0 Å². The second-order valence-corrected chi connectivity index (χ2v) is 3.41. The smallest absolute Gasteiger partial charge is 0.228 e. The summed E-state index contributed by atoms with van der Waals surface area (Å²) >= 11 is 0. The van der Waals surface area contributed by atoms with Crippen molar-refractivity contribution in [3.63, 3.8) is 0 Å². The number of nitrogens with one attached hydrogen (secondary N) is 1. The average molecular weight is 200 g/mol. The molecule has 1 aromatic rings. The summed E-state index contributed by atoms with van der Waals surface area (Å²) in [5.41, 5.74) is 8.13. The van der Waals surface area contributed by atoms with Crippen molar-refractivity contribution in [2.45, 2.75) is 12.8 Å². The molecule has 0 radical (unpaired) electrons. The van der Waals surface area contributed by atoms with Crippen molar-refractivity contribution in [3.05, 3.63) is 29.3 Å². The monoisotopic (exact) mass is 200 g/mol. The number of carbonyl (C=O) groups excluding carboxylic acids is 1. The number of hydrogen-bond donors (Lipinski definition) is 2. The van der Waals surface area contributed by atoms with Gasteiger partial charge in [0.25, 0.3) is 0 Å². The highest BCUT2D eigenvalue weighted by Gasteiger charge is 2.19. The van der Waals surface area contributed by atoms with Crippen LogP contribution in [-0.2, 0) is 11.2 Å². The van der Waals surface area contributed by atoms with E-state index in [0.29, 0.717) is 19.4 Å². The van der Waals surface area contributed by atoms with Crippen LogP contribution >= 0.6 is 0 Å². The summed E-state index contributed by atoms with van der Waals surface area (Å²) in [6.45, 7) is 0.564. The van der Waals surface area contributed by atoms with Crippen molar-refractivity contribution < 1.29 is 4.79 Å². The van der Waals surface area contributed by atoms with Gasteiger partial charge in [0, 0.05) is 18.5 Å². The molecule has 1 amide bonds. The van der Waals surface area contributed by atoms with E-state index in [4.69, 9.17) is 5.73 Å². The van der Waals surface area contributed by atoms with Crippen LogP contribution < -0.4 is 11.1 Å². The van der Waals surface area contributed by atoms with E-state index in [0.717, 1.165) is 16.8 Å². The Bertz CT molecular complexity index is 454. The Kier molecular flexibility index (Phi) is 2.70. The van der Waals surface area contributed by atoms with Gasteiger partial charge in [-0.25, -0.2) is 0 Å². The highest BCUT2D eigenvalue weighted by Crippen LogP contribution is 2.26. The van der Waals surface area contributed by atoms with Crippen LogP contribution in [0.15, 0.2) is 18.2 Å². The van der Waals surface area contributed by atoms with Crippen LogP contribution in [-0.4, -0.2) is 12.5 Å². The molecule has 3 heteroatoms. The molecule has 0 unspecified atom stereocenters. The molecule has 3 N–H and O–H groups in total. The Labute approximate surface area is 88.7 Å². The largest absolute Gasteiger partial charge is 0.330 e. The van der Waals surface area contributed by atoms with Crippen LogP contribution in [0.4, 0.5) is 5.69 Å². The Morgan fingerprint density at radius 1 is 1.47 bits per heavy atom. The predicted molar refractivity (Wildman–Crippen MR) is 59.3 cm³/mol. The molecule has 1 aromatic carbocycles. The second kappa shape index (κ2) is 4.16. The van der Waals surface area contributed by atoms with Crippen LogP contribution in [0.5, 0.6) is 0 Å². The fourth-order valence-corrected chi connectivity index (χ4v) is 1.59. The first-order chi connectivity index (χ1) is 7.31. The minimum Gasteiger partial charge on any atom is -0.330 e. The first kappa shape index (κ1) is 9.75. The lowest BCUT2D eigenvalue weighted by atomic mass is 10.1. The summed E-state index contributed by atoms with van der Waals surface area (Å²) < 4.78 is 0. The van der Waals surface area contributed by atoms with Crippen LogP contribution in [0, 0.1) is 11.8 Å². The van der Waals surface area contributed by atoms with Crippen molar-refractivity contribution >= 4 is 11.6 Å². The number of amides is 1. The lowest BCUT2D eigenvalue weighted by Crippen LogP contribution is -2.04. The van der Waals surface area contributed by atoms with Crippen LogP contribution in [0.25, 0.3) is 0 Å². The molecule has 0 atom stereocenters. The molecule has 1 aliphatic rings. The van der Waals surface area contributed by atoms with E-state index in [1.165, 1.54) is 0 Å². The maximum absolute atomic E-state index is 11.2. The highest BCUT2D eigenvalue weighted by molar-refractivity contribution is 6.00. The highest BCUT2D eigenvalue weighted by atomic mass is 16.1. The van der Waals surface area contributed by atoms with Gasteiger partial charge in [0.05, 0.1) is 12.1 Å². The molecule has 15 heavy (non-hydrogen) atoms. The molecule has 1 aliphatic heterocycles. The van der Waals surface area contributed by atoms with Gasteiger partial charge >= 0.3 is 0 Å². The van der Waals surface area contributed by atoms with Gasteiger partial charge in [-0.15, -0.1) is 0 Å². The molecule has 0 fully saturated rings. The fourth-order valence-electron chi connectivity index (χ4n) is 1.59. The molecule has 0 saturated carbocycles. The fraction of sp³-hybridized carbons (Fsp3) is 0.250. The summed E-state index contributed by atoms with van der Waals surface area (Å²) in [5, 5.41) is 2.82. The number of nitrogens with two attached hydrogens (primary N) is 1. The van der Waals surface area contributed by atoms with E-state index in [-0.39, 0.29) is 5.91 Å². The molecule has 1 heterocycles. The normalized spacial score (nSPS) is 12.7. The SMILES string of the molecule is NCCC#Cc1cccc2c1NC(=O)C2. The van der Waals surface area contributed by atoms with E-state index < -0.39 is 0 Å². The third-order valence-electron chi connectivity index (χ3n) is 2.26. The number of fused-ring (bicyclic) bond motifs is 1. The lowest BCUT2D eigenvalue weighted by Gasteiger charge is -2.00. The zero-order chi connectivity index (χ0) is 10.7. The minimum absolute atomic E-state index is 0.0399. The Morgan fingerprint density at radius 2 is 2.33 bits per heavy atom. The number of hydrogen-bond acceptors (Lipinski definition) is 2. The third kappa shape index (κ3) is 2.00. The summed E-state index contributed by atoms with van der Waals surface area (Å²) in [4.78, 5) is 11.2. The van der Waals surface area contributed by atoms with Gasteiger partial charge in [-0.2, -0.15) is 0 Å². The molecule has 0 aliphatic carbocycles. The molecule has 3 nitrogen and oxygen atoms in total. The zero-order valence-electron chi connectivity index (χ0n) is 8.34. The Morgan fingerprint density at radius 3 is 3.13 bits per heavy atom. The molecule has 2 rings (SSSR count). The zero-order valence-corrected chi connectivity index (χ0v) is 8.34. The average Bonchev–Trinajstić information content (AvgIpc) is 2.59. The second-order valence-electron chi connectivity index (χ2n) is 3.41. The maximum Gasteiger partial charge on any atom is 0.228 e. The van der Waals surface area contributed by atoms with Crippen molar-refractivity contribution in [1.82, 2.24) is 0 Å². The first-order valence-electron chi connectivity index (χ1n) is 4.92. The summed E-state index contributed by atoms with van der Waals surface area (Å²) in [5.74, 6) is 6.03. The molecular formula is C12H12N2O. The quantitative estimate of drug-likeness (QED) is 0.661. The van der Waals surface area contributed by atoms with Gasteiger partial charge in [-0.05, 0) is 11.6 Å². The first-order valence-corrected chi connectivity index (χ1v) is 4.92. The van der Waals surface area contributed by atoms with Crippen molar-refractivity contribution in [2.24, 2.45) is 5.73 Å². The molecule has 0 saturated heterocycles. The van der Waals surface area contributed by atoms with E-state index in [2.05, 4.69) is 17.2 Å². The van der Waals surface area contributed by atoms with Crippen LogP contribution in [0.3, 0.4) is 0 Å². The summed E-state index contributed by atoms with van der Waals surface area (Å²) in [6.07, 6.45) is 1.14. The van der Waals surface area contributed by atoms with E-state index in [1.54, 1.807) is 0 Å². The van der Waals surface area contributed by atoms with Crippen LogP contribution in [0.1, 0.15) is 17.5 Å². The number of carbonyl (C=O) groups is 1. The van der Waals surface area contributed by atoms with Gasteiger partial charge in [0.2, 0.25) is 5.91 Å². The number of anilines is 1. The number of para-hydroxylation sites is 1.